The molecule has 0 radical (unpaired) electrons. The second-order valence-corrected chi connectivity index (χ2v) is 5.49. The Labute approximate surface area is 148 Å². The van der Waals surface area contributed by atoms with Crippen LogP contribution in [0.3, 0.4) is 0 Å². The number of hydrogen-bond donors (Lipinski definition) is 1. The van der Waals surface area contributed by atoms with E-state index in [0.29, 0.717) is 0 Å². The van der Waals surface area contributed by atoms with Crippen LogP contribution in [0.1, 0.15) is 5.56 Å². The molecule has 1 aliphatic rings. The molecular formula is C16H14BrN5S. The number of rotatable bonds is 3. The smallest absolute Gasteiger partial charge is 0.277 e. The van der Waals surface area contributed by atoms with Crippen molar-refractivity contribution in [1.82, 2.24) is 4.37 Å². The summed E-state index contributed by atoms with van der Waals surface area (Å²) in [4.78, 5) is 0. The van der Waals surface area contributed by atoms with Crippen LogP contribution in [0.25, 0.3) is 0 Å². The minimum absolute atomic E-state index is 0. The first-order chi connectivity index (χ1) is 10.9. The van der Waals surface area contributed by atoms with E-state index in [-0.39, 0.29) is 17.0 Å². The molecule has 0 fully saturated rings. The summed E-state index contributed by atoms with van der Waals surface area (Å²) in [6.45, 7) is 0. The Hall–Kier alpha value is -2.22. The monoisotopic (exact) mass is 387 g/mol. The zero-order valence-corrected chi connectivity index (χ0v) is 14.5. The highest BCUT2D eigenvalue weighted by atomic mass is 79.9. The summed E-state index contributed by atoms with van der Waals surface area (Å²) in [5.41, 5.74) is 5.15. The molecule has 1 aliphatic heterocycles. The summed E-state index contributed by atoms with van der Waals surface area (Å²) in [7, 11) is 0. The van der Waals surface area contributed by atoms with E-state index in [0.717, 1.165) is 22.8 Å². The number of anilines is 2. The molecule has 5 nitrogen and oxygen atoms in total. The van der Waals surface area contributed by atoms with Gasteiger partial charge in [0.25, 0.3) is 5.84 Å². The van der Waals surface area contributed by atoms with Crippen LogP contribution in [0, 0.1) is 0 Å². The number of halogens is 1. The van der Waals surface area contributed by atoms with Crippen LogP contribution < -0.4 is 32.6 Å². The van der Waals surface area contributed by atoms with Crippen LogP contribution in [-0.2, 0) is 0 Å². The number of hydrogen-bond acceptors (Lipinski definition) is 5. The van der Waals surface area contributed by atoms with Crippen molar-refractivity contribution in [3.8, 4) is 0 Å². The minimum atomic E-state index is 0. The van der Waals surface area contributed by atoms with Gasteiger partial charge in [-0.25, -0.2) is 0 Å². The SMILES string of the molecule is [Br-].c1ccc(C2=NN(c3cnsc3)N(c3ccccc3)[NH2+]2)cc1. The average molecular weight is 388 g/mol. The van der Waals surface area contributed by atoms with Crippen molar-refractivity contribution in [3.63, 3.8) is 0 Å². The van der Waals surface area contributed by atoms with Crippen molar-refractivity contribution in [2.45, 2.75) is 0 Å². The lowest BCUT2D eigenvalue weighted by molar-refractivity contribution is -0.545. The molecule has 0 unspecified atom stereocenters. The molecule has 0 saturated heterocycles. The van der Waals surface area contributed by atoms with Crippen molar-refractivity contribution in [2.24, 2.45) is 5.10 Å². The molecule has 3 aromatic rings. The zero-order valence-electron chi connectivity index (χ0n) is 12.1. The third-order valence-electron chi connectivity index (χ3n) is 3.39. The second-order valence-electron chi connectivity index (χ2n) is 4.83. The number of para-hydroxylation sites is 1. The normalized spacial score (nSPS) is 13.7. The molecule has 4 rings (SSSR count). The largest absolute Gasteiger partial charge is 1.00 e. The Morgan fingerprint density at radius 2 is 1.57 bits per heavy atom. The van der Waals surface area contributed by atoms with Crippen LogP contribution in [0.5, 0.6) is 0 Å². The lowest BCUT2D eigenvalue weighted by Gasteiger charge is -2.22. The van der Waals surface area contributed by atoms with E-state index in [1.165, 1.54) is 11.5 Å². The summed E-state index contributed by atoms with van der Waals surface area (Å²) in [5.74, 6) is 0.927. The Bertz CT molecular complexity index is 777. The highest BCUT2D eigenvalue weighted by molar-refractivity contribution is 7.04. The van der Waals surface area contributed by atoms with Crippen molar-refractivity contribution in [2.75, 3.05) is 10.2 Å². The van der Waals surface area contributed by atoms with Gasteiger partial charge in [-0.1, -0.05) is 41.5 Å². The molecule has 0 atom stereocenters. The van der Waals surface area contributed by atoms with Gasteiger partial charge in [0.15, 0.2) is 0 Å². The fourth-order valence-corrected chi connectivity index (χ4v) is 2.83. The van der Waals surface area contributed by atoms with E-state index in [9.17, 15) is 0 Å². The Morgan fingerprint density at radius 3 is 2.22 bits per heavy atom. The van der Waals surface area contributed by atoms with Gasteiger partial charge in [-0.15, -0.1) is 10.2 Å². The van der Waals surface area contributed by atoms with Crippen LogP contribution in [0.4, 0.5) is 11.4 Å². The van der Waals surface area contributed by atoms with Crippen molar-refractivity contribution >= 4 is 28.7 Å². The average Bonchev–Trinajstić information content (AvgIpc) is 3.26. The predicted molar refractivity (Wildman–Crippen MR) is 88.4 cm³/mol. The first kappa shape index (κ1) is 15.7. The maximum Gasteiger partial charge on any atom is 0.277 e. The molecule has 0 amide bonds. The molecular weight excluding hydrogens is 374 g/mol. The van der Waals surface area contributed by atoms with Crippen LogP contribution in [-0.4, -0.2) is 10.2 Å². The van der Waals surface area contributed by atoms with Gasteiger partial charge in [0.1, 0.15) is 11.4 Å². The molecule has 23 heavy (non-hydrogen) atoms. The lowest BCUT2D eigenvalue weighted by atomic mass is 10.2. The van der Waals surface area contributed by atoms with E-state index < -0.39 is 0 Å². The highest BCUT2D eigenvalue weighted by Crippen LogP contribution is 2.23. The first-order valence-electron chi connectivity index (χ1n) is 6.94. The van der Waals surface area contributed by atoms with Gasteiger partial charge in [-0.3, -0.25) is 0 Å². The van der Waals surface area contributed by atoms with Crippen LogP contribution in [0.15, 0.2) is 77.3 Å². The number of amidine groups is 1. The fraction of sp³-hybridized carbons (Fsp3) is 0. The Kier molecular flexibility index (Phi) is 4.71. The number of benzene rings is 2. The molecule has 2 heterocycles. The van der Waals surface area contributed by atoms with Gasteiger partial charge in [0, 0.05) is 5.38 Å². The molecule has 0 saturated carbocycles. The first-order valence-corrected chi connectivity index (χ1v) is 7.78. The van der Waals surface area contributed by atoms with E-state index in [4.69, 9.17) is 5.10 Å². The second kappa shape index (κ2) is 6.91. The summed E-state index contributed by atoms with van der Waals surface area (Å²) in [6, 6.07) is 20.4. The summed E-state index contributed by atoms with van der Waals surface area (Å²) < 4.78 is 4.18. The van der Waals surface area contributed by atoms with E-state index >= 15 is 0 Å². The molecule has 116 valence electrons. The van der Waals surface area contributed by atoms with Crippen molar-refractivity contribution in [3.05, 3.63) is 77.8 Å². The summed E-state index contributed by atoms with van der Waals surface area (Å²) >= 11 is 1.42. The lowest BCUT2D eigenvalue weighted by Crippen LogP contribution is -3.00. The van der Waals surface area contributed by atoms with E-state index in [1.54, 1.807) is 0 Å². The molecule has 0 bridgehead atoms. The molecule has 2 N–H and O–H groups in total. The van der Waals surface area contributed by atoms with E-state index in [2.05, 4.69) is 28.6 Å². The molecule has 1 aromatic heterocycles. The topological polar surface area (TPSA) is 48.3 Å². The number of hydrazone groups is 1. The van der Waals surface area contributed by atoms with Gasteiger partial charge in [0.2, 0.25) is 0 Å². The Morgan fingerprint density at radius 1 is 0.870 bits per heavy atom. The summed E-state index contributed by atoms with van der Waals surface area (Å²) in [6.07, 6.45) is 1.83. The number of nitrogens with two attached hydrogens (primary N) is 1. The van der Waals surface area contributed by atoms with Crippen molar-refractivity contribution < 1.29 is 22.4 Å². The molecule has 2 aromatic carbocycles. The quantitative estimate of drug-likeness (QED) is 0.600. The third kappa shape index (κ3) is 3.12. The van der Waals surface area contributed by atoms with Gasteiger partial charge >= 0.3 is 0 Å². The number of aromatic nitrogens is 1. The minimum Gasteiger partial charge on any atom is -1.00 e. The van der Waals surface area contributed by atoms with E-state index in [1.807, 2.05) is 63.6 Å². The van der Waals surface area contributed by atoms with Gasteiger partial charge in [0.05, 0.1) is 11.8 Å². The van der Waals surface area contributed by atoms with Gasteiger partial charge in [-0.05, 0) is 35.8 Å². The zero-order chi connectivity index (χ0) is 14.8. The van der Waals surface area contributed by atoms with Crippen LogP contribution >= 0.6 is 11.5 Å². The van der Waals surface area contributed by atoms with Crippen molar-refractivity contribution in [1.29, 1.82) is 0 Å². The highest BCUT2D eigenvalue weighted by Gasteiger charge is 2.31. The van der Waals surface area contributed by atoms with Gasteiger partial charge < -0.3 is 17.0 Å². The van der Waals surface area contributed by atoms with Crippen LogP contribution in [0.2, 0.25) is 0 Å². The molecule has 0 aliphatic carbocycles. The Balaban J connectivity index is 0.00000156. The predicted octanol–water partition coefficient (Wildman–Crippen LogP) is -0.771. The molecule has 0 spiro atoms. The maximum atomic E-state index is 4.75. The number of nitrogens with zero attached hydrogens (tertiary/aromatic N) is 4. The molecule has 7 heteroatoms. The third-order valence-corrected chi connectivity index (χ3v) is 3.97. The fourth-order valence-electron chi connectivity index (χ4n) is 2.33. The number of quaternary nitrogens is 1. The summed E-state index contributed by atoms with van der Waals surface area (Å²) in [5, 5.41) is 10.6. The standard InChI is InChI=1S/C16H13N5S.BrH/c1-3-7-13(8-4-1)16-18-20(14-9-5-2-6-10-14)21(19-16)15-11-17-22-12-15;/h1-12H,(H,18,19);1H. The number of hydrazine groups is 1. The maximum absolute atomic E-state index is 4.75. The van der Waals surface area contributed by atoms with Gasteiger partial charge in [-0.2, -0.15) is 9.80 Å².